The summed E-state index contributed by atoms with van der Waals surface area (Å²) in [6, 6.07) is 0. The summed E-state index contributed by atoms with van der Waals surface area (Å²) in [5, 5.41) is 0. The molecular formula is HfMgO2+2. The molecule has 0 aliphatic heterocycles. The van der Waals surface area contributed by atoms with Crippen LogP contribution in [0.4, 0.5) is 0 Å². The van der Waals surface area contributed by atoms with Gasteiger partial charge in [-0.1, -0.05) is 0 Å². The summed E-state index contributed by atoms with van der Waals surface area (Å²) in [5.41, 5.74) is 0. The molecule has 4 heteroatoms. The van der Waals surface area contributed by atoms with Gasteiger partial charge in [-0.15, -0.1) is 0 Å². The zero-order valence-electron chi connectivity index (χ0n) is 2.02. The Morgan fingerprint density at radius 2 is 0.750 bits per heavy atom. The van der Waals surface area contributed by atoms with Crippen LogP contribution in [0, 0.1) is 0 Å². The summed E-state index contributed by atoms with van der Waals surface area (Å²) in [4.78, 5) is 0. The van der Waals surface area contributed by atoms with Crippen LogP contribution in [-0.4, -0.2) is 23.1 Å². The third-order valence-corrected chi connectivity index (χ3v) is 0. The van der Waals surface area contributed by atoms with Gasteiger partial charge in [-0.3, -0.25) is 0 Å². The van der Waals surface area contributed by atoms with Crippen molar-refractivity contribution in [3.63, 3.8) is 0 Å². The van der Waals surface area contributed by atoms with Crippen LogP contribution in [0.15, 0.2) is 0 Å². The molecule has 0 spiro atoms. The molecule has 0 bridgehead atoms. The van der Waals surface area contributed by atoms with Gasteiger partial charge in [0.25, 0.3) is 0 Å². The van der Waals surface area contributed by atoms with Gasteiger partial charge in [0.1, 0.15) is 0 Å². The molecule has 0 aliphatic carbocycles. The second-order valence-corrected chi connectivity index (χ2v) is 0. The summed E-state index contributed by atoms with van der Waals surface area (Å²) in [6.07, 6.45) is 0. The molecule has 0 amide bonds. The van der Waals surface area contributed by atoms with Crippen LogP contribution >= 0.6 is 0 Å². The van der Waals surface area contributed by atoms with E-state index in [1.807, 2.05) is 0 Å². The van der Waals surface area contributed by atoms with Gasteiger partial charge < -0.3 is 11.0 Å². The minimum absolute atomic E-state index is 0. The van der Waals surface area contributed by atoms with E-state index >= 15 is 0 Å². The molecule has 0 aliphatic rings. The van der Waals surface area contributed by atoms with Crippen LogP contribution in [0.1, 0.15) is 0 Å². The first-order chi connectivity index (χ1) is 0. The van der Waals surface area contributed by atoms with Crippen molar-refractivity contribution >= 4 is 23.1 Å². The first kappa shape index (κ1) is 47.6. The second kappa shape index (κ2) is 23.8. The van der Waals surface area contributed by atoms with Gasteiger partial charge in [-0.05, 0) is 0 Å². The van der Waals surface area contributed by atoms with Crippen molar-refractivity contribution in [2.45, 2.75) is 0 Å². The largest absolute Gasteiger partial charge is 4.00 e. The number of hydrogen-bond acceptors (Lipinski definition) is 0. The molecule has 0 radical (unpaired) electrons. The van der Waals surface area contributed by atoms with Crippen LogP contribution in [0.2, 0.25) is 0 Å². The molecule has 0 saturated carbocycles. The standard InChI is InChI=1S/Hf.Mg.2O/q+4;+2;2*-2. The smallest absolute Gasteiger partial charge is 2.00 e. The fourth-order valence-corrected chi connectivity index (χ4v) is 0. The predicted octanol–water partition coefficient (Wildman–Crippen LogP) is -0.621. The Kier molecular flexibility index (Phi) is 283. The first-order valence-electron chi connectivity index (χ1n) is 0. The van der Waals surface area contributed by atoms with E-state index in [1.54, 1.807) is 0 Å². The number of rotatable bonds is 0. The summed E-state index contributed by atoms with van der Waals surface area (Å²) < 4.78 is 0. The van der Waals surface area contributed by atoms with Gasteiger partial charge in [0, 0.05) is 0 Å². The van der Waals surface area contributed by atoms with E-state index in [0.29, 0.717) is 0 Å². The first-order valence-corrected chi connectivity index (χ1v) is 0. The number of hydrogen-bond donors (Lipinski definition) is 0. The maximum Gasteiger partial charge on any atom is 4.00 e. The fraction of sp³-hybridized carbons (Fsp3) is 0. The quantitative estimate of drug-likeness (QED) is 0.502. The molecule has 0 atom stereocenters. The molecule has 0 rings (SSSR count). The third-order valence-electron chi connectivity index (χ3n) is 0. The van der Waals surface area contributed by atoms with E-state index in [9.17, 15) is 0 Å². The van der Waals surface area contributed by atoms with Crippen molar-refractivity contribution in [3.8, 4) is 0 Å². The van der Waals surface area contributed by atoms with E-state index in [1.165, 1.54) is 0 Å². The van der Waals surface area contributed by atoms with Crippen LogP contribution in [0.3, 0.4) is 0 Å². The van der Waals surface area contributed by atoms with Crippen molar-refractivity contribution in [2.24, 2.45) is 0 Å². The van der Waals surface area contributed by atoms with E-state index in [0.717, 1.165) is 0 Å². The van der Waals surface area contributed by atoms with E-state index < -0.39 is 0 Å². The van der Waals surface area contributed by atoms with Gasteiger partial charge in [0.15, 0.2) is 0 Å². The van der Waals surface area contributed by atoms with Crippen LogP contribution in [0.25, 0.3) is 0 Å². The molecule has 2 nitrogen and oxygen atoms in total. The zero-order chi connectivity index (χ0) is 0. The zero-order valence-corrected chi connectivity index (χ0v) is 7.03. The summed E-state index contributed by atoms with van der Waals surface area (Å²) in [6.45, 7) is 0. The molecule has 0 aromatic heterocycles. The third kappa shape index (κ3) is 9.59. The van der Waals surface area contributed by atoms with Crippen LogP contribution < -0.4 is 0 Å². The molecular weight excluding hydrogens is 235 g/mol. The summed E-state index contributed by atoms with van der Waals surface area (Å²) in [5.74, 6) is 0. The fourth-order valence-electron chi connectivity index (χ4n) is 0. The Morgan fingerprint density at radius 3 is 0.750 bits per heavy atom. The normalized spacial score (nSPS) is 0. The molecule has 4 heavy (non-hydrogen) atoms. The van der Waals surface area contributed by atoms with Crippen LogP contribution in [-0.2, 0) is 36.8 Å². The second-order valence-electron chi connectivity index (χ2n) is 0. The average molecular weight is 235 g/mol. The topological polar surface area (TPSA) is 57.0 Å². The van der Waals surface area contributed by atoms with Gasteiger partial charge >= 0.3 is 48.9 Å². The molecule has 0 unspecified atom stereocenters. The molecule has 0 fully saturated rings. The Balaban J connectivity index is 0. The maximum atomic E-state index is 0. The van der Waals surface area contributed by atoms with Gasteiger partial charge in [-0.2, -0.15) is 0 Å². The predicted molar refractivity (Wildman–Crippen MR) is 7.13 cm³/mol. The maximum absolute atomic E-state index is 0. The minimum Gasteiger partial charge on any atom is -2.00 e. The van der Waals surface area contributed by atoms with Crippen molar-refractivity contribution in [3.05, 3.63) is 0 Å². The molecule has 16 valence electrons. The van der Waals surface area contributed by atoms with E-state index in [2.05, 4.69) is 0 Å². The van der Waals surface area contributed by atoms with Crippen LogP contribution in [0.5, 0.6) is 0 Å². The van der Waals surface area contributed by atoms with Gasteiger partial charge in [0.2, 0.25) is 0 Å². The Labute approximate surface area is 59.5 Å². The molecule has 0 saturated heterocycles. The molecule has 0 aromatic carbocycles. The van der Waals surface area contributed by atoms with Crippen molar-refractivity contribution in [2.75, 3.05) is 0 Å². The molecule has 0 N–H and O–H groups in total. The minimum atomic E-state index is 0. The SMILES string of the molecule is [Hf+4].[Mg+2].[O-2].[O-2]. The summed E-state index contributed by atoms with van der Waals surface area (Å²) >= 11 is 0. The van der Waals surface area contributed by atoms with E-state index in [-0.39, 0.29) is 59.8 Å². The van der Waals surface area contributed by atoms with E-state index in [4.69, 9.17) is 0 Å². The van der Waals surface area contributed by atoms with Crippen molar-refractivity contribution in [1.82, 2.24) is 0 Å². The molecule has 0 heterocycles. The molecule has 0 aromatic rings. The van der Waals surface area contributed by atoms with Crippen molar-refractivity contribution < 1.29 is 36.8 Å². The summed E-state index contributed by atoms with van der Waals surface area (Å²) in [7, 11) is 0. The van der Waals surface area contributed by atoms with Gasteiger partial charge in [-0.25, -0.2) is 0 Å². The Morgan fingerprint density at radius 1 is 0.750 bits per heavy atom. The Bertz CT molecular complexity index is 6.00. The Hall–Kier alpha value is 1.56. The monoisotopic (exact) mass is 236 g/mol. The van der Waals surface area contributed by atoms with Crippen molar-refractivity contribution in [1.29, 1.82) is 0 Å². The average Bonchev–Trinajstić information content (AvgIpc) is 0. The van der Waals surface area contributed by atoms with Gasteiger partial charge in [0.05, 0.1) is 0 Å².